The topological polar surface area (TPSA) is 41.1 Å². The number of rotatable bonds is 5. The van der Waals surface area contributed by atoms with Gasteiger partial charge in [-0.25, -0.2) is 0 Å². The van der Waals surface area contributed by atoms with E-state index in [1.165, 1.54) is 0 Å². The number of hydrogen-bond donors (Lipinski definition) is 2. The van der Waals surface area contributed by atoms with Gasteiger partial charge in [-0.2, -0.15) is 0 Å². The van der Waals surface area contributed by atoms with Crippen LogP contribution in [0.15, 0.2) is 36.9 Å². The highest BCUT2D eigenvalue weighted by Gasteiger charge is 2.33. The zero-order valence-corrected chi connectivity index (χ0v) is 12.7. The average molecular weight is 322 g/mol. The second-order valence-corrected chi connectivity index (χ2v) is 6.38. The van der Waals surface area contributed by atoms with Gasteiger partial charge < -0.3 is 5.32 Å². The van der Waals surface area contributed by atoms with Crippen molar-refractivity contribution >= 4 is 40.7 Å². The number of alkyl halides is 3. The molecule has 0 spiro atoms. The van der Waals surface area contributed by atoms with Gasteiger partial charge in [-0.1, -0.05) is 58.6 Å². The lowest BCUT2D eigenvalue weighted by molar-refractivity contribution is 0.0930. The fraction of sp³-hybridized carbons (Fsp3) is 0.308. The number of nitrogens with one attached hydrogen (secondary N) is 2. The van der Waals surface area contributed by atoms with Gasteiger partial charge >= 0.3 is 0 Å². The molecule has 1 amide bonds. The highest BCUT2D eigenvalue weighted by Crippen LogP contribution is 2.29. The lowest BCUT2D eigenvalue weighted by atomic mass is 10.1. The van der Waals surface area contributed by atoms with E-state index in [2.05, 4.69) is 17.2 Å². The standard InChI is InChI=1S/C13H15Cl3N2O/c1-3-8-17-12(13(14,15)16)18-11(19)10-6-4-9(2)5-7-10/h3-7,12,17H,1,8H2,2H3,(H,18,19)/t12-/m0/s1. The smallest absolute Gasteiger partial charge is 0.252 e. The van der Waals surface area contributed by atoms with Crippen molar-refractivity contribution in [2.24, 2.45) is 0 Å². The van der Waals surface area contributed by atoms with Crippen LogP contribution in [0.4, 0.5) is 0 Å². The number of hydrogen-bond acceptors (Lipinski definition) is 2. The third-order valence-electron chi connectivity index (χ3n) is 2.38. The molecule has 19 heavy (non-hydrogen) atoms. The van der Waals surface area contributed by atoms with Gasteiger partial charge in [-0.3, -0.25) is 10.1 Å². The lowest BCUT2D eigenvalue weighted by Crippen LogP contribution is -2.53. The molecule has 0 unspecified atom stereocenters. The Hall–Kier alpha value is -0.740. The minimum Gasteiger partial charge on any atom is -0.333 e. The normalized spacial score (nSPS) is 12.8. The lowest BCUT2D eigenvalue weighted by Gasteiger charge is -2.26. The molecule has 104 valence electrons. The van der Waals surface area contributed by atoms with E-state index in [4.69, 9.17) is 34.8 Å². The monoisotopic (exact) mass is 320 g/mol. The van der Waals surface area contributed by atoms with Crippen LogP contribution in [0.2, 0.25) is 0 Å². The third kappa shape index (κ3) is 5.41. The first-order chi connectivity index (χ1) is 8.84. The second kappa shape index (κ2) is 7.15. The molecule has 0 heterocycles. The number of aryl methyl sites for hydroxylation is 1. The molecule has 1 atom stereocenters. The molecular weight excluding hydrogens is 307 g/mol. The molecular formula is C13H15Cl3N2O. The molecule has 3 nitrogen and oxygen atoms in total. The predicted octanol–water partition coefficient (Wildman–Crippen LogP) is 3.20. The van der Waals surface area contributed by atoms with Crippen LogP contribution >= 0.6 is 34.8 Å². The van der Waals surface area contributed by atoms with E-state index in [9.17, 15) is 4.79 Å². The van der Waals surface area contributed by atoms with Crippen molar-refractivity contribution in [3.63, 3.8) is 0 Å². The van der Waals surface area contributed by atoms with Gasteiger partial charge in [0.2, 0.25) is 3.79 Å². The van der Waals surface area contributed by atoms with Gasteiger partial charge in [0.05, 0.1) is 0 Å². The maximum absolute atomic E-state index is 12.0. The first kappa shape index (κ1) is 16.3. The first-order valence-electron chi connectivity index (χ1n) is 5.63. The fourth-order valence-electron chi connectivity index (χ4n) is 1.37. The summed E-state index contributed by atoms with van der Waals surface area (Å²) in [6, 6.07) is 7.12. The Bertz CT molecular complexity index is 440. The summed E-state index contributed by atoms with van der Waals surface area (Å²) < 4.78 is -1.65. The van der Waals surface area contributed by atoms with E-state index in [1.807, 2.05) is 19.1 Å². The minimum absolute atomic E-state index is 0.312. The van der Waals surface area contributed by atoms with Gasteiger partial charge in [-0.15, -0.1) is 6.58 Å². The molecule has 0 fully saturated rings. The quantitative estimate of drug-likeness (QED) is 0.497. The number of halogens is 3. The van der Waals surface area contributed by atoms with E-state index in [1.54, 1.807) is 18.2 Å². The average Bonchev–Trinajstić information content (AvgIpc) is 2.33. The molecule has 0 aliphatic heterocycles. The Morgan fingerprint density at radius 2 is 1.95 bits per heavy atom. The van der Waals surface area contributed by atoms with Crippen molar-refractivity contribution in [2.45, 2.75) is 16.9 Å². The van der Waals surface area contributed by atoms with Crippen molar-refractivity contribution in [1.82, 2.24) is 10.6 Å². The molecule has 0 bridgehead atoms. The summed E-state index contributed by atoms with van der Waals surface area (Å²) in [5.74, 6) is -0.312. The zero-order chi connectivity index (χ0) is 14.5. The van der Waals surface area contributed by atoms with Crippen molar-refractivity contribution in [2.75, 3.05) is 6.54 Å². The predicted molar refractivity (Wildman–Crippen MR) is 80.9 cm³/mol. The number of carbonyl (C=O) groups excluding carboxylic acids is 1. The molecule has 0 aromatic heterocycles. The molecule has 0 radical (unpaired) electrons. The minimum atomic E-state index is -1.65. The summed E-state index contributed by atoms with van der Waals surface area (Å²) in [5.41, 5.74) is 1.57. The number of amides is 1. The van der Waals surface area contributed by atoms with Crippen LogP contribution in [0.25, 0.3) is 0 Å². The Labute approximate surface area is 127 Å². The van der Waals surface area contributed by atoms with E-state index in [0.717, 1.165) is 5.56 Å². The largest absolute Gasteiger partial charge is 0.333 e. The van der Waals surface area contributed by atoms with E-state index in [0.29, 0.717) is 12.1 Å². The van der Waals surface area contributed by atoms with Crippen molar-refractivity contribution in [3.05, 3.63) is 48.0 Å². The fourth-order valence-corrected chi connectivity index (χ4v) is 1.76. The van der Waals surface area contributed by atoms with Crippen LogP contribution in [-0.4, -0.2) is 22.4 Å². The summed E-state index contributed by atoms with van der Waals surface area (Å²) in [6.45, 7) is 5.91. The zero-order valence-electron chi connectivity index (χ0n) is 10.4. The summed E-state index contributed by atoms with van der Waals surface area (Å²) in [4.78, 5) is 12.0. The van der Waals surface area contributed by atoms with Crippen LogP contribution in [0.1, 0.15) is 15.9 Å². The molecule has 1 rings (SSSR count). The van der Waals surface area contributed by atoms with Gasteiger partial charge in [0.1, 0.15) is 6.17 Å². The number of benzene rings is 1. The van der Waals surface area contributed by atoms with Crippen molar-refractivity contribution in [3.8, 4) is 0 Å². The van der Waals surface area contributed by atoms with Crippen LogP contribution in [0.3, 0.4) is 0 Å². The molecule has 1 aromatic rings. The van der Waals surface area contributed by atoms with Crippen LogP contribution < -0.4 is 10.6 Å². The molecule has 2 N–H and O–H groups in total. The summed E-state index contributed by atoms with van der Waals surface area (Å²) in [5, 5.41) is 5.51. The molecule has 0 aliphatic carbocycles. The van der Waals surface area contributed by atoms with Crippen molar-refractivity contribution in [1.29, 1.82) is 0 Å². The molecule has 0 aliphatic rings. The molecule has 0 saturated carbocycles. The van der Waals surface area contributed by atoms with Gasteiger partial charge in [0.15, 0.2) is 0 Å². The van der Waals surface area contributed by atoms with E-state index >= 15 is 0 Å². The van der Waals surface area contributed by atoms with Crippen LogP contribution in [0.5, 0.6) is 0 Å². The Morgan fingerprint density at radius 1 is 1.37 bits per heavy atom. The Kier molecular flexibility index (Phi) is 6.14. The van der Waals surface area contributed by atoms with Crippen LogP contribution in [0, 0.1) is 6.92 Å². The second-order valence-electron chi connectivity index (χ2n) is 4.01. The maximum atomic E-state index is 12.0. The van der Waals surface area contributed by atoms with Gasteiger partial charge in [0.25, 0.3) is 5.91 Å². The van der Waals surface area contributed by atoms with E-state index in [-0.39, 0.29) is 5.91 Å². The highest BCUT2D eigenvalue weighted by molar-refractivity contribution is 6.68. The highest BCUT2D eigenvalue weighted by atomic mass is 35.6. The van der Waals surface area contributed by atoms with Crippen molar-refractivity contribution < 1.29 is 4.79 Å². The SMILES string of the molecule is C=CCN[C@@H](NC(=O)c1ccc(C)cc1)C(Cl)(Cl)Cl. The third-order valence-corrected chi connectivity index (χ3v) is 3.04. The molecule has 0 saturated heterocycles. The van der Waals surface area contributed by atoms with E-state index < -0.39 is 9.96 Å². The first-order valence-corrected chi connectivity index (χ1v) is 6.76. The summed E-state index contributed by atoms with van der Waals surface area (Å²) >= 11 is 17.4. The Morgan fingerprint density at radius 3 is 2.42 bits per heavy atom. The summed E-state index contributed by atoms with van der Waals surface area (Å²) in [7, 11) is 0. The number of carbonyl (C=O) groups is 1. The van der Waals surface area contributed by atoms with Gasteiger partial charge in [0, 0.05) is 12.1 Å². The van der Waals surface area contributed by atoms with Crippen LogP contribution in [-0.2, 0) is 0 Å². The molecule has 6 heteroatoms. The van der Waals surface area contributed by atoms with Gasteiger partial charge in [-0.05, 0) is 19.1 Å². The maximum Gasteiger partial charge on any atom is 0.252 e. The molecule has 1 aromatic carbocycles. The summed E-state index contributed by atoms with van der Waals surface area (Å²) in [6.07, 6.45) is 0.811. The Balaban J connectivity index is 2.75.